The summed E-state index contributed by atoms with van der Waals surface area (Å²) in [6.45, 7) is 6.90. The number of methoxy groups -OCH3 is 1. The van der Waals surface area contributed by atoms with Crippen molar-refractivity contribution in [2.24, 2.45) is 0 Å². The molecule has 3 rings (SSSR count). The smallest absolute Gasteiger partial charge is 0.119 e. The maximum Gasteiger partial charge on any atom is 0.119 e. The summed E-state index contributed by atoms with van der Waals surface area (Å²) in [5, 5.41) is 3.72. The normalized spacial score (nSPS) is 26.2. The second-order valence-corrected chi connectivity index (χ2v) is 6.41. The van der Waals surface area contributed by atoms with Crippen LogP contribution < -0.4 is 10.1 Å². The minimum Gasteiger partial charge on any atom is -0.497 e. The van der Waals surface area contributed by atoms with E-state index in [-0.39, 0.29) is 0 Å². The van der Waals surface area contributed by atoms with E-state index in [1.54, 1.807) is 7.11 Å². The van der Waals surface area contributed by atoms with Gasteiger partial charge in [0.05, 0.1) is 7.11 Å². The van der Waals surface area contributed by atoms with Crippen molar-refractivity contribution < 1.29 is 4.74 Å². The Kier molecular flexibility index (Phi) is 3.99. The minimum absolute atomic E-state index is 0.575. The average Bonchev–Trinajstić information content (AvgIpc) is 2.45. The highest BCUT2D eigenvalue weighted by Crippen LogP contribution is 2.38. The van der Waals surface area contributed by atoms with Crippen molar-refractivity contribution in [2.75, 3.05) is 20.2 Å². The number of hydrogen-bond acceptors (Lipinski definition) is 3. The third-order valence-electron chi connectivity index (χ3n) is 4.66. The number of hydrogen-bond donors (Lipinski definition) is 1. The van der Waals surface area contributed by atoms with E-state index in [4.69, 9.17) is 4.74 Å². The van der Waals surface area contributed by atoms with Gasteiger partial charge in [0.25, 0.3) is 0 Å². The van der Waals surface area contributed by atoms with Crippen LogP contribution in [0.4, 0.5) is 0 Å². The zero-order valence-electron chi connectivity index (χ0n) is 12.9. The number of ether oxygens (including phenoxy) is 1. The number of fused-ring (bicyclic) bond motifs is 3. The lowest BCUT2D eigenvalue weighted by Crippen LogP contribution is -2.48. The molecule has 2 unspecified atom stereocenters. The van der Waals surface area contributed by atoms with Crippen molar-refractivity contribution in [3.8, 4) is 5.75 Å². The fraction of sp³-hybridized carbons (Fsp3) is 0.647. The largest absolute Gasteiger partial charge is 0.497 e. The zero-order valence-corrected chi connectivity index (χ0v) is 12.9. The lowest BCUT2D eigenvalue weighted by atomic mass is 9.85. The van der Waals surface area contributed by atoms with Crippen molar-refractivity contribution in [2.45, 2.75) is 51.2 Å². The Morgan fingerprint density at radius 2 is 2.15 bits per heavy atom. The van der Waals surface area contributed by atoms with Gasteiger partial charge >= 0.3 is 0 Å². The lowest BCUT2D eigenvalue weighted by molar-refractivity contribution is 0.113. The fourth-order valence-corrected chi connectivity index (χ4v) is 3.74. The Hall–Kier alpha value is -1.06. The molecule has 0 saturated carbocycles. The van der Waals surface area contributed by atoms with Crippen molar-refractivity contribution in [3.05, 3.63) is 29.3 Å². The summed E-state index contributed by atoms with van der Waals surface area (Å²) in [7, 11) is 1.75. The van der Waals surface area contributed by atoms with Gasteiger partial charge in [-0.3, -0.25) is 4.90 Å². The molecule has 0 amide bonds. The third-order valence-corrected chi connectivity index (χ3v) is 4.66. The summed E-state index contributed by atoms with van der Waals surface area (Å²) < 4.78 is 5.36. The molecule has 3 nitrogen and oxygen atoms in total. The zero-order chi connectivity index (χ0) is 14.1. The SMILES string of the molecule is COc1ccc2c(c1)CCN1CCC(NC(C)C)CC21. The first kappa shape index (κ1) is 13.9. The van der Waals surface area contributed by atoms with E-state index in [0.717, 1.165) is 12.2 Å². The monoisotopic (exact) mass is 274 g/mol. The number of nitrogens with zero attached hydrogens (tertiary/aromatic N) is 1. The molecule has 2 heterocycles. The Morgan fingerprint density at radius 3 is 2.90 bits per heavy atom. The maximum atomic E-state index is 5.36. The van der Waals surface area contributed by atoms with Crippen LogP contribution in [0.3, 0.4) is 0 Å². The molecule has 1 fully saturated rings. The van der Waals surface area contributed by atoms with Crippen LogP contribution >= 0.6 is 0 Å². The molecule has 0 aliphatic carbocycles. The molecule has 110 valence electrons. The summed E-state index contributed by atoms with van der Waals surface area (Å²) in [4.78, 5) is 2.66. The van der Waals surface area contributed by atoms with Crippen LogP contribution in [0, 0.1) is 0 Å². The van der Waals surface area contributed by atoms with Crippen LogP contribution in [0.2, 0.25) is 0 Å². The quantitative estimate of drug-likeness (QED) is 0.917. The minimum atomic E-state index is 0.575. The molecular formula is C17H26N2O. The lowest BCUT2D eigenvalue weighted by Gasteiger charge is -2.44. The van der Waals surface area contributed by atoms with Gasteiger partial charge in [-0.1, -0.05) is 19.9 Å². The molecule has 2 aliphatic heterocycles. The number of piperidine rings is 1. The van der Waals surface area contributed by atoms with E-state index in [0.29, 0.717) is 18.1 Å². The van der Waals surface area contributed by atoms with E-state index in [1.165, 1.54) is 37.1 Å². The predicted molar refractivity (Wildman–Crippen MR) is 82.3 cm³/mol. The van der Waals surface area contributed by atoms with Gasteiger partial charge in [0, 0.05) is 31.2 Å². The molecule has 0 spiro atoms. The van der Waals surface area contributed by atoms with Gasteiger partial charge in [0.1, 0.15) is 5.75 Å². The molecule has 2 aliphatic rings. The van der Waals surface area contributed by atoms with Gasteiger partial charge in [-0.2, -0.15) is 0 Å². The van der Waals surface area contributed by atoms with E-state index in [1.807, 2.05) is 0 Å². The summed E-state index contributed by atoms with van der Waals surface area (Å²) >= 11 is 0. The molecule has 1 aromatic carbocycles. The Balaban J connectivity index is 1.81. The average molecular weight is 274 g/mol. The van der Waals surface area contributed by atoms with Gasteiger partial charge < -0.3 is 10.1 Å². The van der Waals surface area contributed by atoms with Crippen LogP contribution in [-0.2, 0) is 6.42 Å². The summed E-state index contributed by atoms with van der Waals surface area (Å²) in [5.41, 5.74) is 3.00. The van der Waals surface area contributed by atoms with Crippen molar-refractivity contribution in [1.29, 1.82) is 0 Å². The van der Waals surface area contributed by atoms with Crippen molar-refractivity contribution in [3.63, 3.8) is 0 Å². The molecule has 3 heteroatoms. The molecule has 1 N–H and O–H groups in total. The topological polar surface area (TPSA) is 24.5 Å². The van der Waals surface area contributed by atoms with E-state index in [9.17, 15) is 0 Å². The van der Waals surface area contributed by atoms with Gasteiger partial charge in [-0.15, -0.1) is 0 Å². The molecule has 20 heavy (non-hydrogen) atoms. The van der Waals surface area contributed by atoms with Crippen molar-refractivity contribution >= 4 is 0 Å². The Morgan fingerprint density at radius 1 is 1.30 bits per heavy atom. The van der Waals surface area contributed by atoms with Crippen LogP contribution in [0.5, 0.6) is 5.75 Å². The van der Waals surface area contributed by atoms with Crippen molar-refractivity contribution in [1.82, 2.24) is 10.2 Å². The highest BCUT2D eigenvalue weighted by Gasteiger charge is 2.33. The molecule has 0 aromatic heterocycles. The molecule has 1 saturated heterocycles. The second kappa shape index (κ2) is 5.74. The molecule has 2 atom stereocenters. The summed E-state index contributed by atoms with van der Waals surface area (Å²) in [5.74, 6) is 0.991. The third kappa shape index (κ3) is 2.70. The first-order valence-corrected chi connectivity index (χ1v) is 7.84. The van der Waals surface area contributed by atoms with E-state index in [2.05, 4.69) is 42.3 Å². The first-order chi connectivity index (χ1) is 9.67. The number of benzene rings is 1. The number of nitrogens with one attached hydrogen (secondary N) is 1. The van der Waals surface area contributed by atoms with Gasteiger partial charge in [-0.05, 0) is 42.5 Å². The number of rotatable bonds is 3. The van der Waals surface area contributed by atoms with Crippen LogP contribution in [0.15, 0.2) is 18.2 Å². The second-order valence-electron chi connectivity index (χ2n) is 6.41. The highest BCUT2D eigenvalue weighted by atomic mass is 16.5. The highest BCUT2D eigenvalue weighted by molar-refractivity contribution is 5.39. The Bertz CT molecular complexity index is 472. The predicted octanol–water partition coefficient (Wildman–Crippen LogP) is 2.75. The maximum absolute atomic E-state index is 5.36. The molecule has 0 bridgehead atoms. The van der Waals surface area contributed by atoms with Gasteiger partial charge in [0.15, 0.2) is 0 Å². The Labute approximate surface area is 122 Å². The molecule has 0 radical (unpaired) electrons. The van der Waals surface area contributed by atoms with E-state index >= 15 is 0 Å². The summed E-state index contributed by atoms with van der Waals surface area (Å²) in [6.07, 6.45) is 3.67. The van der Waals surface area contributed by atoms with Crippen LogP contribution in [0.25, 0.3) is 0 Å². The first-order valence-electron chi connectivity index (χ1n) is 7.84. The summed E-state index contributed by atoms with van der Waals surface area (Å²) in [6, 6.07) is 8.45. The van der Waals surface area contributed by atoms with Gasteiger partial charge in [0.2, 0.25) is 0 Å². The fourth-order valence-electron chi connectivity index (χ4n) is 3.74. The van der Waals surface area contributed by atoms with Crippen LogP contribution in [-0.4, -0.2) is 37.2 Å². The standard InChI is InChI=1S/C17H26N2O/c1-12(2)18-14-7-9-19-8-6-13-10-15(20-3)4-5-16(13)17(19)11-14/h4-5,10,12,14,17-18H,6-9,11H2,1-3H3. The van der Waals surface area contributed by atoms with Crippen LogP contribution in [0.1, 0.15) is 43.9 Å². The van der Waals surface area contributed by atoms with Gasteiger partial charge in [-0.25, -0.2) is 0 Å². The van der Waals surface area contributed by atoms with E-state index < -0.39 is 0 Å². The molecular weight excluding hydrogens is 248 g/mol. The molecule has 1 aromatic rings.